The largest absolute Gasteiger partial charge is 0.339 e. The molecule has 5 rings (SSSR count). The molecular formula is C14H21N3O. The Kier molecular flexibility index (Phi) is 2.31. The maximum atomic E-state index is 5.54. The van der Waals surface area contributed by atoms with Gasteiger partial charge in [0.25, 0.3) is 0 Å². The van der Waals surface area contributed by atoms with Gasteiger partial charge >= 0.3 is 0 Å². The van der Waals surface area contributed by atoms with Crippen LogP contribution in [0.2, 0.25) is 0 Å². The Labute approximate surface area is 107 Å². The van der Waals surface area contributed by atoms with Crippen molar-refractivity contribution in [3.8, 4) is 0 Å². The fourth-order valence-electron chi connectivity index (χ4n) is 5.27. The van der Waals surface area contributed by atoms with Crippen LogP contribution in [-0.4, -0.2) is 10.1 Å². The van der Waals surface area contributed by atoms with E-state index in [0.29, 0.717) is 17.8 Å². The zero-order valence-corrected chi connectivity index (χ0v) is 10.8. The predicted octanol–water partition coefficient (Wildman–Crippen LogP) is 2.29. The van der Waals surface area contributed by atoms with Crippen molar-refractivity contribution in [3.05, 3.63) is 11.7 Å². The molecule has 4 bridgehead atoms. The third kappa shape index (κ3) is 1.69. The maximum absolute atomic E-state index is 5.54. The fourth-order valence-corrected chi connectivity index (χ4v) is 5.27. The summed E-state index contributed by atoms with van der Waals surface area (Å²) in [6.07, 6.45) is 9.60. The van der Waals surface area contributed by atoms with E-state index >= 15 is 0 Å². The summed E-state index contributed by atoms with van der Waals surface area (Å²) in [5.74, 6) is 4.40. The molecule has 98 valence electrons. The van der Waals surface area contributed by atoms with Gasteiger partial charge in [0.05, 0.1) is 6.54 Å². The number of nitrogens with two attached hydrogens (primary N) is 1. The molecule has 0 unspecified atom stereocenters. The highest BCUT2D eigenvalue weighted by Gasteiger charge is 2.51. The Morgan fingerprint density at radius 3 is 2.22 bits per heavy atom. The molecule has 1 heterocycles. The summed E-state index contributed by atoms with van der Waals surface area (Å²) in [5, 5.41) is 3.92. The second-order valence-corrected chi connectivity index (χ2v) is 6.90. The summed E-state index contributed by atoms with van der Waals surface area (Å²) < 4.78 is 5.35. The third-order valence-electron chi connectivity index (χ3n) is 5.38. The molecule has 4 nitrogen and oxygen atoms in total. The highest BCUT2D eigenvalue weighted by Crippen LogP contribution is 2.60. The molecule has 2 N–H and O–H groups in total. The molecule has 1 aromatic rings. The third-order valence-corrected chi connectivity index (χ3v) is 5.38. The second-order valence-electron chi connectivity index (χ2n) is 6.90. The predicted molar refractivity (Wildman–Crippen MR) is 66.5 cm³/mol. The zero-order valence-electron chi connectivity index (χ0n) is 10.8. The quantitative estimate of drug-likeness (QED) is 0.890. The Morgan fingerprint density at radius 1 is 1.11 bits per heavy atom. The van der Waals surface area contributed by atoms with E-state index in [1.165, 1.54) is 38.5 Å². The van der Waals surface area contributed by atoms with E-state index in [1.54, 1.807) is 0 Å². The van der Waals surface area contributed by atoms with Gasteiger partial charge in [0.1, 0.15) is 0 Å². The Hall–Kier alpha value is -0.900. The van der Waals surface area contributed by atoms with Crippen LogP contribution in [0.15, 0.2) is 4.52 Å². The highest BCUT2D eigenvalue weighted by molar-refractivity contribution is 5.04. The molecule has 1 aromatic heterocycles. The van der Waals surface area contributed by atoms with Crippen molar-refractivity contribution in [1.29, 1.82) is 0 Å². The molecule has 0 aromatic carbocycles. The van der Waals surface area contributed by atoms with Crippen LogP contribution in [0.25, 0.3) is 0 Å². The minimum Gasteiger partial charge on any atom is -0.339 e. The molecule has 0 aliphatic heterocycles. The summed E-state index contributed by atoms with van der Waals surface area (Å²) >= 11 is 0. The molecule has 4 heteroatoms. The summed E-state index contributed by atoms with van der Waals surface area (Å²) in [7, 11) is 0. The van der Waals surface area contributed by atoms with Crippen LogP contribution in [0.1, 0.15) is 50.2 Å². The molecule has 0 spiro atoms. The Bertz CT molecular complexity index is 418. The van der Waals surface area contributed by atoms with Crippen LogP contribution in [-0.2, 0) is 13.0 Å². The van der Waals surface area contributed by atoms with E-state index in [9.17, 15) is 0 Å². The average molecular weight is 247 g/mol. The van der Waals surface area contributed by atoms with E-state index < -0.39 is 0 Å². The SMILES string of the molecule is NCc1noc(CC23CC4CC(CC(C4)C2)C3)n1. The van der Waals surface area contributed by atoms with Crippen molar-refractivity contribution in [1.82, 2.24) is 10.1 Å². The first-order valence-electron chi connectivity index (χ1n) is 7.26. The van der Waals surface area contributed by atoms with Crippen molar-refractivity contribution in [2.75, 3.05) is 0 Å². The van der Waals surface area contributed by atoms with E-state index in [2.05, 4.69) is 10.1 Å². The van der Waals surface area contributed by atoms with Crippen molar-refractivity contribution < 1.29 is 4.52 Å². The van der Waals surface area contributed by atoms with Gasteiger partial charge in [-0.05, 0) is 61.7 Å². The molecule has 0 amide bonds. The summed E-state index contributed by atoms with van der Waals surface area (Å²) in [5.41, 5.74) is 6.02. The van der Waals surface area contributed by atoms with Gasteiger partial charge in [-0.15, -0.1) is 0 Å². The van der Waals surface area contributed by atoms with Gasteiger partial charge in [0.15, 0.2) is 5.82 Å². The van der Waals surface area contributed by atoms with Gasteiger partial charge in [-0.25, -0.2) is 0 Å². The van der Waals surface area contributed by atoms with E-state index in [4.69, 9.17) is 10.3 Å². The first-order chi connectivity index (χ1) is 8.75. The smallest absolute Gasteiger partial charge is 0.227 e. The van der Waals surface area contributed by atoms with Gasteiger partial charge < -0.3 is 10.3 Å². The number of aromatic nitrogens is 2. The Balaban J connectivity index is 1.56. The zero-order chi connectivity index (χ0) is 12.2. The first kappa shape index (κ1) is 11.0. The minimum absolute atomic E-state index is 0.379. The molecule has 0 saturated heterocycles. The fraction of sp³-hybridized carbons (Fsp3) is 0.857. The van der Waals surface area contributed by atoms with Crippen LogP contribution < -0.4 is 5.73 Å². The summed E-state index contributed by atoms with van der Waals surface area (Å²) in [6, 6.07) is 0. The van der Waals surface area contributed by atoms with Crippen LogP contribution >= 0.6 is 0 Å². The molecule has 0 radical (unpaired) electrons. The topological polar surface area (TPSA) is 64.9 Å². The molecular weight excluding hydrogens is 226 g/mol. The number of nitrogens with zero attached hydrogens (tertiary/aromatic N) is 2. The second kappa shape index (κ2) is 3.80. The van der Waals surface area contributed by atoms with Crippen molar-refractivity contribution >= 4 is 0 Å². The van der Waals surface area contributed by atoms with Gasteiger partial charge in [0, 0.05) is 6.42 Å². The van der Waals surface area contributed by atoms with E-state index in [1.807, 2.05) is 0 Å². The lowest BCUT2D eigenvalue weighted by molar-refractivity contribution is -0.0556. The molecule has 0 atom stereocenters. The lowest BCUT2D eigenvalue weighted by atomic mass is 9.49. The van der Waals surface area contributed by atoms with Gasteiger partial charge in [-0.2, -0.15) is 4.98 Å². The van der Waals surface area contributed by atoms with Gasteiger partial charge in [-0.3, -0.25) is 0 Å². The van der Waals surface area contributed by atoms with Crippen molar-refractivity contribution in [2.24, 2.45) is 28.9 Å². The van der Waals surface area contributed by atoms with Crippen molar-refractivity contribution in [3.63, 3.8) is 0 Å². The lowest BCUT2D eigenvalue weighted by Crippen LogP contribution is -2.47. The Morgan fingerprint density at radius 2 is 1.72 bits per heavy atom. The monoisotopic (exact) mass is 247 g/mol. The number of hydrogen-bond donors (Lipinski definition) is 1. The molecule has 4 saturated carbocycles. The van der Waals surface area contributed by atoms with Crippen LogP contribution in [0.5, 0.6) is 0 Å². The lowest BCUT2D eigenvalue weighted by Gasteiger charge is -2.56. The molecule has 4 aliphatic carbocycles. The maximum Gasteiger partial charge on any atom is 0.227 e. The molecule has 18 heavy (non-hydrogen) atoms. The number of rotatable bonds is 3. The van der Waals surface area contributed by atoms with E-state index in [0.717, 1.165) is 30.1 Å². The normalized spacial score (nSPS) is 41.5. The summed E-state index contributed by atoms with van der Waals surface area (Å²) in [6.45, 7) is 0.379. The van der Waals surface area contributed by atoms with Crippen LogP contribution in [0, 0.1) is 23.2 Å². The van der Waals surface area contributed by atoms with Crippen LogP contribution in [0.4, 0.5) is 0 Å². The van der Waals surface area contributed by atoms with Gasteiger partial charge in [-0.1, -0.05) is 5.16 Å². The summed E-state index contributed by atoms with van der Waals surface area (Å²) in [4.78, 5) is 4.40. The average Bonchev–Trinajstić information content (AvgIpc) is 2.74. The van der Waals surface area contributed by atoms with Crippen molar-refractivity contribution in [2.45, 2.75) is 51.5 Å². The van der Waals surface area contributed by atoms with Gasteiger partial charge in [0.2, 0.25) is 5.89 Å². The van der Waals surface area contributed by atoms with Crippen LogP contribution in [0.3, 0.4) is 0 Å². The number of hydrogen-bond acceptors (Lipinski definition) is 4. The first-order valence-corrected chi connectivity index (χ1v) is 7.26. The molecule has 4 fully saturated rings. The highest BCUT2D eigenvalue weighted by atomic mass is 16.5. The van der Waals surface area contributed by atoms with E-state index in [-0.39, 0.29) is 0 Å². The minimum atomic E-state index is 0.379. The molecule has 4 aliphatic rings. The standard InChI is InChI=1S/C14H21N3O/c15-8-12-16-13(18-17-12)7-14-4-9-1-10(5-14)3-11(2-9)6-14/h9-11H,1-8,15H2.